The summed E-state index contributed by atoms with van der Waals surface area (Å²) in [5, 5.41) is 0. The number of carbonyl (C=O) groups excluding carboxylic acids is 2. The number of nitrogens with zero attached hydrogens (tertiary/aromatic N) is 2. The highest BCUT2D eigenvalue weighted by molar-refractivity contribution is 5.85. The number of hydrogen-bond acceptors (Lipinski definition) is 5. The molecule has 7 nitrogen and oxygen atoms in total. The molecule has 0 aliphatic carbocycles. The summed E-state index contributed by atoms with van der Waals surface area (Å²) in [6.45, 7) is 10.4. The molecule has 7 heteroatoms. The van der Waals surface area contributed by atoms with Crippen molar-refractivity contribution in [3.05, 3.63) is 0 Å². The Morgan fingerprint density at radius 1 is 1.18 bits per heavy atom. The van der Waals surface area contributed by atoms with E-state index in [0.717, 1.165) is 0 Å². The van der Waals surface area contributed by atoms with Gasteiger partial charge in [-0.1, -0.05) is 0 Å². The van der Waals surface area contributed by atoms with E-state index >= 15 is 0 Å². The third-order valence-electron chi connectivity index (χ3n) is 3.69. The highest BCUT2D eigenvalue weighted by Gasteiger charge is 2.39. The van der Waals surface area contributed by atoms with Crippen molar-refractivity contribution < 1.29 is 19.1 Å². The Balaban J connectivity index is 2.76. The van der Waals surface area contributed by atoms with E-state index in [-0.39, 0.29) is 24.6 Å². The smallest absolute Gasteiger partial charge is 0.410 e. The number of rotatable bonds is 3. The number of amides is 2. The first kappa shape index (κ1) is 18.7. The van der Waals surface area contributed by atoms with Gasteiger partial charge in [-0.15, -0.1) is 0 Å². The lowest BCUT2D eigenvalue weighted by atomic mass is 10.0. The molecule has 0 aromatic carbocycles. The van der Waals surface area contributed by atoms with Crippen LogP contribution in [0.3, 0.4) is 0 Å². The molecule has 1 atom stereocenters. The van der Waals surface area contributed by atoms with Crippen LogP contribution in [0.15, 0.2) is 0 Å². The number of nitrogens with two attached hydrogens (primary N) is 1. The van der Waals surface area contributed by atoms with Crippen molar-refractivity contribution in [3.63, 3.8) is 0 Å². The van der Waals surface area contributed by atoms with Gasteiger partial charge in [0.15, 0.2) is 0 Å². The fraction of sp³-hybridized carbons (Fsp3) is 0.867. The van der Waals surface area contributed by atoms with Gasteiger partial charge in [0, 0.05) is 33.3 Å². The number of carbonyl (C=O) groups is 2. The van der Waals surface area contributed by atoms with Crippen LogP contribution in [0.4, 0.5) is 4.79 Å². The van der Waals surface area contributed by atoms with Crippen LogP contribution in [0.5, 0.6) is 0 Å². The minimum absolute atomic E-state index is 0.116. The monoisotopic (exact) mass is 315 g/mol. The summed E-state index contributed by atoms with van der Waals surface area (Å²) in [5.74, 6) is -0.116. The first-order valence-electron chi connectivity index (χ1n) is 7.56. The van der Waals surface area contributed by atoms with Gasteiger partial charge in [-0.25, -0.2) is 4.79 Å². The average molecular weight is 315 g/mol. The van der Waals surface area contributed by atoms with Gasteiger partial charge < -0.3 is 25.0 Å². The molecular weight excluding hydrogens is 286 g/mol. The van der Waals surface area contributed by atoms with Crippen LogP contribution >= 0.6 is 0 Å². The summed E-state index contributed by atoms with van der Waals surface area (Å²) in [4.78, 5) is 28.0. The third-order valence-corrected chi connectivity index (χ3v) is 3.69. The molecule has 1 saturated heterocycles. The topological polar surface area (TPSA) is 85.1 Å². The zero-order chi connectivity index (χ0) is 17.1. The zero-order valence-electron chi connectivity index (χ0n) is 14.5. The lowest BCUT2D eigenvalue weighted by Gasteiger charge is -2.43. The minimum Gasteiger partial charge on any atom is -0.444 e. The molecule has 1 aliphatic rings. The van der Waals surface area contributed by atoms with Gasteiger partial charge in [-0.3, -0.25) is 4.79 Å². The molecule has 1 aliphatic heterocycles. The fourth-order valence-corrected chi connectivity index (χ4v) is 2.25. The normalized spacial score (nSPS) is 20.0. The second-order valence-corrected chi connectivity index (χ2v) is 7.03. The van der Waals surface area contributed by atoms with Crippen molar-refractivity contribution in [2.24, 2.45) is 5.73 Å². The van der Waals surface area contributed by atoms with E-state index in [4.69, 9.17) is 15.2 Å². The van der Waals surface area contributed by atoms with Gasteiger partial charge in [0.1, 0.15) is 11.2 Å². The highest BCUT2D eigenvalue weighted by Crippen LogP contribution is 2.19. The van der Waals surface area contributed by atoms with Crippen molar-refractivity contribution in [2.75, 3.05) is 33.3 Å². The number of hydrogen-bond donors (Lipinski definition) is 1. The Morgan fingerprint density at radius 2 is 1.77 bits per heavy atom. The van der Waals surface area contributed by atoms with Crippen LogP contribution in [-0.2, 0) is 14.3 Å². The Hall–Kier alpha value is -1.34. The minimum atomic E-state index is -0.901. The molecule has 1 heterocycles. The molecule has 0 saturated carbocycles. The van der Waals surface area contributed by atoms with Crippen molar-refractivity contribution in [1.82, 2.24) is 9.80 Å². The maximum atomic E-state index is 12.5. The summed E-state index contributed by atoms with van der Waals surface area (Å²) < 4.78 is 10.6. The molecule has 128 valence electrons. The predicted octanol–water partition coefficient (Wildman–Crippen LogP) is 0.818. The molecule has 0 aromatic heterocycles. The summed E-state index contributed by atoms with van der Waals surface area (Å²) in [5.41, 5.74) is 4.35. The van der Waals surface area contributed by atoms with E-state index < -0.39 is 11.2 Å². The van der Waals surface area contributed by atoms with Gasteiger partial charge in [0.25, 0.3) is 5.91 Å². The third kappa shape index (κ3) is 4.58. The van der Waals surface area contributed by atoms with Crippen LogP contribution in [0.1, 0.15) is 34.6 Å². The molecule has 22 heavy (non-hydrogen) atoms. The lowest BCUT2D eigenvalue weighted by molar-refractivity contribution is -0.155. The van der Waals surface area contributed by atoms with Crippen molar-refractivity contribution in [3.8, 4) is 0 Å². The van der Waals surface area contributed by atoms with E-state index in [1.165, 1.54) is 7.11 Å². The van der Waals surface area contributed by atoms with E-state index in [1.807, 2.05) is 20.8 Å². The van der Waals surface area contributed by atoms with Gasteiger partial charge in [0.2, 0.25) is 0 Å². The molecule has 2 amide bonds. The molecule has 0 aromatic rings. The average Bonchev–Trinajstić information content (AvgIpc) is 2.43. The van der Waals surface area contributed by atoms with E-state index in [1.54, 1.807) is 23.6 Å². The van der Waals surface area contributed by atoms with E-state index in [0.29, 0.717) is 19.6 Å². The van der Waals surface area contributed by atoms with Crippen LogP contribution in [0, 0.1) is 0 Å². The van der Waals surface area contributed by atoms with Crippen molar-refractivity contribution in [1.29, 1.82) is 0 Å². The summed E-state index contributed by atoms with van der Waals surface area (Å²) in [6.07, 6.45) is -0.371. The van der Waals surface area contributed by atoms with Crippen molar-refractivity contribution in [2.45, 2.75) is 51.9 Å². The molecule has 0 radical (unpaired) electrons. The summed E-state index contributed by atoms with van der Waals surface area (Å²) in [7, 11) is 1.51. The Morgan fingerprint density at radius 3 is 2.23 bits per heavy atom. The summed E-state index contributed by atoms with van der Waals surface area (Å²) >= 11 is 0. The van der Waals surface area contributed by atoms with Crippen molar-refractivity contribution >= 4 is 12.0 Å². The SMILES string of the molecule is COC(C)(C)C(=O)N1CCN(C(=O)OC(C)(C)C)CC1CN. The first-order valence-corrected chi connectivity index (χ1v) is 7.56. The van der Waals surface area contributed by atoms with Gasteiger partial charge in [-0.2, -0.15) is 0 Å². The Bertz CT molecular complexity index is 418. The van der Waals surface area contributed by atoms with Gasteiger partial charge in [0.05, 0.1) is 6.04 Å². The second kappa shape index (κ2) is 6.83. The molecule has 0 spiro atoms. The van der Waals surface area contributed by atoms with Crippen LogP contribution < -0.4 is 5.73 Å². The number of piperazine rings is 1. The first-order chi connectivity index (χ1) is 10.0. The predicted molar refractivity (Wildman–Crippen MR) is 83.5 cm³/mol. The van der Waals surface area contributed by atoms with E-state index in [2.05, 4.69) is 0 Å². The molecule has 1 fully saturated rings. The molecule has 2 N–H and O–H groups in total. The largest absolute Gasteiger partial charge is 0.444 e. The summed E-state index contributed by atoms with van der Waals surface area (Å²) in [6, 6.07) is -0.233. The van der Waals surface area contributed by atoms with Gasteiger partial charge >= 0.3 is 6.09 Å². The maximum Gasteiger partial charge on any atom is 0.410 e. The zero-order valence-corrected chi connectivity index (χ0v) is 14.5. The number of methoxy groups -OCH3 is 1. The van der Waals surface area contributed by atoms with E-state index in [9.17, 15) is 9.59 Å². The van der Waals surface area contributed by atoms with Crippen LogP contribution in [0.2, 0.25) is 0 Å². The maximum absolute atomic E-state index is 12.5. The molecule has 1 rings (SSSR count). The van der Waals surface area contributed by atoms with Crippen LogP contribution in [0.25, 0.3) is 0 Å². The number of ether oxygens (including phenoxy) is 2. The van der Waals surface area contributed by atoms with Crippen LogP contribution in [-0.4, -0.2) is 72.3 Å². The Labute approximate surface area is 132 Å². The molecular formula is C15H29N3O4. The quantitative estimate of drug-likeness (QED) is 0.833. The molecule has 1 unspecified atom stereocenters. The lowest BCUT2D eigenvalue weighted by Crippen LogP contribution is -2.62. The molecule has 0 bridgehead atoms. The Kier molecular flexibility index (Phi) is 5.81. The standard InChI is InChI=1S/C15H29N3O4/c1-14(2,3)22-13(20)17-7-8-18(11(9-16)10-17)12(19)15(4,5)21-6/h11H,7-10,16H2,1-6H3. The second-order valence-electron chi connectivity index (χ2n) is 7.03. The van der Waals surface area contributed by atoms with Gasteiger partial charge in [-0.05, 0) is 34.6 Å². The fourth-order valence-electron chi connectivity index (χ4n) is 2.25. The highest BCUT2D eigenvalue weighted by atomic mass is 16.6.